The van der Waals surface area contributed by atoms with Crippen molar-refractivity contribution >= 4 is 17.5 Å². The molecule has 0 fully saturated rings. The average Bonchev–Trinajstić information content (AvgIpc) is 2.71. The Morgan fingerprint density at radius 3 is 2.41 bits per heavy atom. The van der Waals surface area contributed by atoms with Gasteiger partial charge in [0.1, 0.15) is 5.75 Å². The molecule has 0 aromatic heterocycles. The second-order valence-corrected chi connectivity index (χ2v) is 7.09. The number of benzene rings is 2. The lowest BCUT2D eigenvalue weighted by Crippen LogP contribution is -2.32. The van der Waals surface area contributed by atoms with Crippen molar-refractivity contribution < 1.29 is 19.1 Å². The molecule has 0 unspecified atom stereocenters. The van der Waals surface area contributed by atoms with Crippen molar-refractivity contribution in [2.24, 2.45) is 0 Å². The molecule has 0 aliphatic carbocycles. The Hall–Kier alpha value is -2.86. The van der Waals surface area contributed by atoms with Crippen LogP contribution in [0.15, 0.2) is 48.5 Å². The molecule has 0 saturated carbocycles. The third-order valence-electron chi connectivity index (χ3n) is 4.45. The van der Waals surface area contributed by atoms with Gasteiger partial charge in [0.2, 0.25) is 0 Å². The third-order valence-corrected chi connectivity index (χ3v) is 4.45. The summed E-state index contributed by atoms with van der Waals surface area (Å²) in [6.45, 7) is 6.93. The van der Waals surface area contributed by atoms with E-state index in [1.165, 1.54) is 0 Å². The molecule has 2 aromatic carbocycles. The zero-order valence-electron chi connectivity index (χ0n) is 17.5. The lowest BCUT2D eigenvalue weighted by Gasteiger charge is -2.19. The molecule has 6 heteroatoms. The van der Waals surface area contributed by atoms with E-state index in [9.17, 15) is 9.59 Å². The highest BCUT2D eigenvalue weighted by molar-refractivity contribution is 6.04. The smallest absolute Gasteiger partial charge is 0.265 e. The minimum Gasteiger partial charge on any atom is -0.481 e. The maximum atomic E-state index is 12.7. The van der Waals surface area contributed by atoms with Crippen LogP contribution in [0, 0.1) is 0 Å². The van der Waals surface area contributed by atoms with E-state index in [1.807, 2.05) is 24.3 Å². The summed E-state index contributed by atoms with van der Waals surface area (Å²) in [5, 5.41) is 5.65. The number of amides is 2. The maximum Gasteiger partial charge on any atom is 0.265 e. The SMILES string of the molecule is COCCCNC(=O)c1ccccc1NC(=O)[C@@H](C)Oc1ccccc1C(C)C. The first-order chi connectivity index (χ1) is 13.9. The average molecular weight is 399 g/mol. The molecule has 0 bridgehead atoms. The van der Waals surface area contributed by atoms with E-state index in [4.69, 9.17) is 9.47 Å². The van der Waals surface area contributed by atoms with Crippen LogP contribution in [0.2, 0.25) is 0 Å². The number of carbonyl (C=O) groups is 2. The summed E-state index contributed by atoms with van der Waals surface area (Å²) >= 11 is 0. The molecule has 0 heterocycles. The highest BCUT2D eigenvalue weighted by atomic mass is 16.5. The Morgan fingerprint density at radius 1 is 1.00 bits per heavy atom. The largest absolute Gasteiger partial charge is 0.481 e. The van der Waals surface area contributed by atoms with Crippen LogP contribution in [0.3, 0.4) is 0 Å². The minimum absolute atomic E-state index is 0.240. The van der Waals surface area contributed by atoms with Gasteiger partial charge in [0, 0.05) is 20.3 Å². The highest BCUT2D eigenvalue weighted by Gasteiger charge is 2.19. The van der Waals surface area contributed by atoms with E-state index in [0.717, 1.165) is 12.0 Å². The van der Waals surface area contributed by atoms with Crippen molar-refractivity contribution in [1.29, 1.82) is 0 Å². The first kappa shape index (κ1) is 22.4. The van der Waals surface area contributed by atoms with Crippen LogP contribution in [0.4, 0.5) is 5.69 Å². The van der Waals surface area contributed by atoms with Crippen molar-refractivity contribution in [3.63, 3.8) is 0 Å². The summed E-state index contributed by atoms with van der Waals surface area (Å²) in [6.07, 6.45) is 0.00407. The molecular formula is C23H30N2O4. The summed E-state index contributed by atoms with van der Waals surface area (Å²) < 4.78 is 10.9. The van der Waals surface area contributed by atoms with Gasteiger partial charge in [-0.3, -0.25) is 9.59 Å². The highest BCUT2D eigenvalue weighted by Crippen LogP contribution is 2.27. The zero-order chi connectivity index (χ0) is 21.2. The van der Waals surface area contributed by atoms with Crippen LogP contribution in [0.1, 0.15) is 49.0 Å². The Labute approximate surface area is 172 Å². The molecular weight excluding hydrogens is 368 g/mol. The van der Waals surface area contributed by atoms with Crippen molar-refractivity contribution in [3.8, 4) is 5.75 Å². The van der Waals surface area contributed by atoms with Crippen LogP contribution in [0.25, 0.3) is 0 Å². The molecule has 29 heavy (non-hydrogen) atoms. The van der Waals surface area contributed by atoms with Crippen LogP contribution in [-0.2, 0) is 9.53 Å². The Kier molecular flexibility index (Phi) is 8.68. The van der Waals surface area contributed by atoms with E-state index in [1.54, 1.807) is 38.3 Å². The van der Waals surface area contributed by atoms with E-state index < -0.39 is 6.10 Å². The van der Waals surface area contributed by atoms with Crippen molar-refractivity contribution in [1.82, 2.24) is 5.32 Å². The van der Waals surface area contributed by atoms with Crippen molar-refractivity contribution in [2.45, 2.75) is 39.2 Å². The second-order valence-electron chi connectivity index (χ2n) is 7.09. The number of ether oxygens (including phenoxy) is 2. The Morgan fingerprint density at radius 2 is 1.69 bits per heavy atom. The molecule has 2 N–H and O–H groups in total. The predicted molar refractivity (Wildman–Crippen MR) is 115 cm³/mol. The first-order valence-electron chi connectivity index (χ1n) is 9.86. The molecule has 0 aliphatic rings. The van der Waals surface area contributed by atoms with Gasteiger partial charge in [0.05, 0.1) is 11.3 Å². The predicted octanol–water partition coefficient (Wildman–Crippen LogP) is 3.98. The number of hydrogen-bond donors (Lipinski definition) is 2. The number of para-hydroxylation sites is 2. The maximum absolute atomic E-state index is 12.7. The van der Waals surface area contributed by atoms with Crippen LogP contribution in [-0.4, -0.2) is 38.2 Å². The van der Waals surface area contributed by atoms with Crippen molar-refractivity contribution in [3.05, 3.63) is 59.7 Å². The number of rotatable bonds is 10. The van der Waals surface area contributed by atoms with Crippen LogP contribution >= 0.6 is 0 Å². The Balaban J connectivity index is 2.04. The summed E-state index contributed by atoms with van der Waals surface area (Å²) in [7, 11) is 1.62. The van der Waals surface area contributed by atoms with E-state index in [0.29, 0.717) is 30.2 Å². The molecule has 2 rings (SSSR count). The van der Waals surface area contributed by atoms with Gasteiger partial charge < -0.3 is 20.1 Å². The number of anilines is 1. The summed E-state index contributed by atoms with van der Waals surface area (Å²) in [5.74, 6) is 0.414. The monoisotopic (exact) mass is 398 g/mol. The fourth-order valence-corrected chi connectivity index (χ4v) is 2.85. The number of methoxy groups -OCH3 is 1. The van der Waals surface area contributed by atoms with Gasteiger partial charge in [-0.15, -0.1) is 0 Å². The molecule has 2 aromatic rings. The number of nitrogens with one attached hydrogen (secondary N) is 2. The molecule has 0 radical (unpaired) electrons. The molecule has 1 atom stereocenters. The van der Waals surface area contributed by atoms with Gasteiger partial charge in [-0.2, -0.15) is 0 Å². The Bertz CT molecular complexity index is 820. The summed E-state index contributed by atoms with van der Waals surface area (Å²) in [6, 6.07) is 14.6. The molecule has 0 spiro atoms. The van der Waals surface area contributed by atoms with Gasteiger partial charge >= 0.3 is 0 Å². The standard InChI is InChI=1S/C23H30N2O4/c1-16(2)18-10-6-8-13-21(18)29-17(3)22(26)25-20-12-7-5-11-19(20)23(27)24-14-9-15-28-4/h5-8,10-13,16-17H,9,14-15H2,1-4H3,(H,24,27)(H,25,26)/t17-/m1/s1. The van der Waals surface area contributed by atoms with Gasteiger partial charge in [-0.05, 0) is 43.0 Å². The summed E-state index contributed by atoms with van der Waals surface area (Å²) in [5.41, 5.74) is 1.91. The van der Waals surface area contributed by atoms with Crippen LogP contribution in [0.5, 0.6) is 5.75 Å². The van der Waals surface area contributed by atoms with E-state index >= 15 is 0 Å². The van der Waals surface area contributed by atoms with Gasteiger partial charge in [-0.1, -0.05) is 44.2 Å². The molecule has 0 aliphatic heterocycles. The lowest BCUT2D eigenvalue weighted by atomic mass is 10.0. The zero-order valence-corrected chi connectivity index (χ0v) is 17.5. The van der Waals surface area contributed by atoms with E-state index in [-0.39, 0.29) is 17.7 Å². The molecule has 6 nitrogen and oxygen atoms in total. The number of carbonyl (C=O) groups excluding carboxylic acids is 2. The molecule has 0 saturated heterocycles. The molecule has 156 valence electrons. The summed E-state index contributed by atoms with van der Waals surface area (Å²) in [4.78, 5) is 25.1. The quantitative estimate of drug-likeness (QED) is 0.594. The lowest BCUT2D eigenvalue weighted by molar-refractivity contribution is -0.122. The van der Waals surface area contributed by atoms with Gasteiger partial charge in [0.25, 0.3) is 11.8 Å². The third kappa shape index (κ3) is 6.61. The second kappa shape index (κ2) is 11.2. The van der Waals surface area contributed by atoms with Gasteiger partial charge in [0.15, 0.2) is 6.10 Å². The van der Waals surface area contributed by atoms with E-state index in [2.05, 4.69) is 24.5 Å². The van der Waals surface area contributed by atoms with Crippen molar-refractivity contribution in [2.75, 3.05) is 25.6 Å². The molecule has 2 amide bonds. The normalized spacial score (nSPS) is 11.8. The number of hydrogen-bond acceptors (Lipinski definition) is 4. The van der Waals surface area contributed by atoms with Crippen LogP contribution < -0.4 is 15.4 Å². The topological polar surface area (TPSA) is 76.7 Å². The van der Waals surface area contributed by atoms with Gasteiger partial charge in [-0.25, -0.2) is 0 Å². The first-order valence-corrected chi connectivity index (χ1v) is 9.86. The minimum atomic E-state index is -0.715. The fraction of sp³-hybridized carbons (Fsp3) is 0.391. The fourth-order valence-electron chi connectivity index (χ4n) is 2.85.